The van der Waals surface area contributed by atoms with Gasteiger partial charge in [0.2, 0.25) is 0 Å². The highest BCUT2D eigenvalue weighted by Gasteiger charge is 2.23. The molecule has 20 heavy (non-hydrogen) atoms. The van der Waals surface area contributed by atoms with Crippen LogP contribution >= 0.6 is 31.9 Å². The number of benzene rings is 1. The third-order valence-corrected chi connectivity index (χ3v) is 4.82. The second kappa shape index (κ2) is 6.76. The third kappa shape index (κ3) is 3.85. The number of hydrogen-bond donors (Lipinski definition) is 1. The topological polar surface area (TPSA) is 46.5 Å². The zero-order valence-electron chi connectivity index (χ0n) is 11.1. The van der Waals surface area contributed by atoms with E-state index in [9.17, 15) is 9.90 Å². The lowest BCUT2D eigenvalue weighted by Gasteiger charge is -2.25. The molecule has 2 rings (SSSR count). The van der Waals surface area contributed by atoms with Crippen LogP contribution in [-0.4, -0.2) is 17.2 Å². The van der Waals surface area contributed by atoms with Crippen molar-refractivity contribution in [2.75, 3.05) is 0 Å². The average molecular weight is 404 g/mol. The third-order valence-electron chi connectivity index (χ3n) is 3.41. The van der Waals surface area contributed by atoms with Gasteiger partial charge in [0.1, 0.15) is 11.9 Å². The van der Waals surface area contributed by atoms with Gasteiger partial charge in [0.25, 0.3) is 0 Å². The van der Waals surface area contributed by atoms with Crippen LogP contribution in [0.25, 0.3) is 0 Å². The van der Waals surface area contributed by atoms with E-state index in [-0.39, 0.29) is 24.2 Å². The van der Waals surface area contributed by atoms with Crippen molar-refractivity contribution in [3.8, 4) is 5.75 Å². The molecule has 0 saturated carbocycles. The summed E-state index contributed by atoms with van der Waals surface area (Å²) in [5.41, 5.74) is 0.784. The van der Waals surface area contributed by atoms with Crippen molar-refractivity contribution < 1.29 is 14.6 Å². The Balaban J connectivity index is 2.03. The zero-order valence-corrected chi connectivity index (χ0v) is 14.3. The highest BCUT2D eigenvalue weighted by atomic mass is 79.9. The summed E-state index contributed by atoms with van der Waals surface area (Å²) in [5, 5.41) is 9.46. The molecular weight excluding hydrogens is 388 g/mol. The second-order valence-corrected chi connectivity index (χ2v) is 6.72. The molecule has 5 heteroatoms. The van der Waals surface area contributed by atoms with Crippen LogP contribution in [-0.2, 0) is 16.0 Å². The van der Waals surface area contributed by atoms with Crippen molar-refractivity contribution in [1.82, 2.24) is 0 Å². The first-order chi connectivity index (χ1) is 9.47. The van der Waals surface area contributed by atoms with Crippen LogP contribution in [0.2, 0.25) is 0 Å². The highest BCUT2D eigenvalue weighted by molar-refractivity contribution is 9.11. The summed E-state index contributed by atoms with van der Waals surface area (Å²) in [7, 11) is 0. The number of carbonyl (C=O) groups excluding carboxylic acids is 1. The molecule has 0 heterocycles. The van der Waals surface area contributed by atoms with Crippen molar-refractivity contribution in [3.05, 3.63) is 38.8 Å². The van der Waals surface area contributed by atoms with Gasteiger partial charge in [-0.3, -0.25) is 4.79 Å². The van der Waals surface area contributed by atoms with Gasteiger partial charge in [0.05, 0.1) is 6.42 Å². The van der Waals surface area contributed by atoms with E-state index < -0.39 is 0 Å². The van der Waals surface area contributed by atoms with E-state index in [1.54, 1.807) is 12.1 Å². The first kappa shape index (κ1) is 15.6. The maximum Gasteiger partial charge on any atom is 0.310 e. The zero-order chi connectivity index (χ0) is 14.7. The molecule has 0 amide bonds. The number of aromatic hydroxyl groups is 1. The van der Waals surface area contributed by atoms with Crippen molar-refractivity contribution in [2.45, 2.75) is 32.3 Å². The summed E-state index contributed by atoms with van der Waals surface area (Å²) >= 11 is 6.71. The predicted octanol–water partition coefficient (Wildman–Crippen LogP) is 4.36. The van der Waals surface area contributed by atoms with E-state index in [0.717, 1.165) is 18.4 Å². The number of phenolic OH excluding ortho intramolecular Hbond substituents is 1. The summed E-state index contributed by atoms with van der Waals surface area (Å²) in [6.07, 6.45) is 6.05. The lowest BCUT2D eigenvalue weighted by atomic mass is 9.93. The fraction of sp³-hybridized carbons (Fsp3) is 0.400. The Morgan fingerprint density at radius 1 is 1.30 bits per heavy atom. The van der Waals surface area contributed by atoms with Gasteiger partial charge >= 0.3 is 5.97 Å². The van der Waals surface area contributed by atoms with Gasteiger partial charge in [0, 0.05) is 15.4 Å². The number of ether oxygens (including phenoxy) is 1. The average Bonchev–Trinajstić information content (AvgIpc) is 2.36. The smallest absolute Gasteiger partial charge is 0.310 e. The molecule has 1 aliphatic rings. The van der Waals surface area contributed by atoms with E-state index in [0.29, 0.717) is 14.9 Å². The van der Waals surface area contributed by atoms with Gasteiger partial charge in [-0.1, -0.05) is 50.9 Å². The van der Waals surface area contributed by atoms with Crippen LogP contribution in [0.3, 0.4) is 0 Å². The number of halogens is 2. The Bertz CT molecular complexity index is 517. The van der Waals surface area contributed by atoms with Crippen molar-refractivity contribution in [1.29, 1.82) is 0 Å². The lowest BCUT2D eigenvalue weighted by molar-refractivity contribution is -0.150. The normalized spacial score (nSPS) is 21.8. The Kier molecular flexibility index (Phi) is 5.27. The van der Waals surface area contributed by atoms with E-state index in [2.05, 4.69) is 50.9 Å². The summed E-state index contributed by atoms with van der Waals surface area (Å²) in [6.45, 7) is 2.09. The minimum atomic E-state index is -0.246. The van der Waals surface area contributed by atoms with Crippen molar-refractivity contribution >= 4 is 37.8 Å². The number of rotatable bonds is 3. The molecule has 1 aromatic rings. The molecule has 2 unspecified atom stereocenters. The van der Waals surface area contributed by atoms with Gasteiger partial charge in [0.15, 0.2) is 0 Å². The molecule has 0 saturated heterocycles. The molecule has 1 aromatic carbocycles. The first-order valence-electron chi connectivity index (χ1n) is 6.48. The Labute approximate surface area is 135 Å². The van der Waals surface area contributed by atoms with E-state index in [1.807, 2.05) is 0 Å². The van der Waals surface area contributed by atoms with Gasteiger partial charge in [-0.15, -0.1) is 0 Å². The number of allylic oxidation sites excluding steroid dienone is 1. The Morgan fingerprint density at radius 3 is 2.50 bits per heavy atom. The van der Waals surface area contributed by atoms with Gasteiger partial charge in [-0.2, -0.15) is 0 Å². The first-order valence-corrected chi connectivity index (χ1v) is 8.07. The summed E-state index contributed by atoms with van der Waals surface area (Å²) in [6, 6.07) is 3.14. The second-order valence-electron chi connectivity index (χ2n) is 5.01. The SMILES string of the molecule is CC1CC=CCC1OC(=O)Cc1c(Br)cc(O)cc1Br. The largest absolute Gasteiger partial charge is 0.508 e. The van der Waals surface area contributed by atoms with Crippen LogP contribution in [0.15, 0.2) is 33.2 Å². The van der Waals surface area contributed by atoms with Crippen molar-refractivity contribution in [3.63, 3.8) is 0 Å². The lowest BCUT2D eigenvalue weighted by Crippen LogP contribution is -2.27. The molecule has 1 aliphatic carbocycles. The Hall–Kier alpha value is -0.810. The minimum Gasteiger partial charge on any atom is -0.508 e. The summed E-state index contributed by atoms with van der Waals surface area (Å²) in [5.74, 6) is 0.256. The van der Waals surface area contributed by atoms with E-state index in [4.69, 9.17) is 4.74 Å². The molecular formula is C15H16Br2O3. The van der Waals surface area contributed by atoms with Gasteiger partial charge < -0.3 is 9.84 Å². The number of hydrogen-bond acceptors (Lipinski definition) is 3. The number of phenols is 1. The molecule has 0 aliphatic heterocycles. The monoisotopic (exact) mass is 402 g/mol. The highest BCUT2D eigenvalue weighted by Crippen LogP contribution is 2.31. The van der Waals surface area contributed by atoms with Crippen LogP contribution in [0, 0.1) is 5.92 Å². The van der Waals surface area contributed by atoms with E-state index in [1.165, 1.54) is 0 Å². The summed E-state index contributed by atoms with van der Waals surface area (Å²) in [4.78, 5) is 12.1. The Morgan fingerprint density at radius 2 is 1.90 bits per heavy atom. The number of esters is 1. The minimum absolute atomic E-state index is 0.0397. The van der Waals surface area contributed by atoms with Gasteiger partial charge in [-0.25, -0.2) is 0 Å². The molecule has 0 bridgehead atoms. The van der Waals surface area contributed by atoms with Crippen LogP contribution in [0.1, 0.15) is 25.3 Å². The molecule has 0 aromatic heterocycles. The molecule has 1 N–H and O–H groups in total. The summed E-state index contributed by atoms with van der Waals surface area (Å²) < 4.78 is 6.94. The molecule has 2 atom stereocenters. The molecule has 0 fully saturated rings. The van der Waals surface area contributed by atoms with Crippen molar-refractivity contribution in [2.24, 2.45) is 5.92 Å². The maximum absolute atomic E-state index is 12.1. The van der Waals surface area contributed by atoms with Crippen LogP contribution < -0.4 is 0 Å². The maximum atomic E-state index is 12.1. The fourth-order valence-electron chi connectivity index (χ4n) is 2.20. The molecule has 3 nitrogen and oxygen atoms in total. The molecule has 0 radical (unpaired) electrons. The number of carbonyl (C=O) groups is 1. The van der Waals surface area contributed by atoms with Gasteiger partial charge in [-0.05, 0) is 30.0 Å². The van der Waals surface area contributed by atoms with E-state index >= 15 is 0 Å². The fourth-order valence-corrected chi connectivity index (χ4v) is 3.65. The van der Waals surface area contributed by atoms with Crippen LogP contribution in [0.5, 0.6) is 5.75 Å². The predicted molar refractivity (Wildman–Crippen MR) is 84.6 cm³/mol. The quantitative estimate of drug-likeness (QED) is 0.602. The standard InChI is InChI=1S/C15H16Br2O3/c1-9-4-2-3-5-14(9)20-15(19)8-11-12(16)6-10(18)7-13(11)17/h2-3,6-7,9,14,18H,4-5,8H2,1H3. The molecule has 0 spiro atoms. The van der Waals surface area contributed by atoms with Crippen LogP contribution in [0.4, 0.5) is 0 Å². The molecule has 108 valence electrons.